The summed E-state index contributed by atoms with van der Waals surface area (Å²) in [6.07, 6.45) is 3.00. The normalized spacial score (nSPS) is 15.2. The first-order valence-electron chi connectivity index (χ1n) is 21.6. The highest BCUT2D eigenvalue weighted by molar-refractivity contribution is 5.86. The Morgan fingerprint density at radius 3 is 1.56 bits per heavy atom. The molecule has 13 nitrogen and oxygen atoms in total. The lowest BCUT2D eigenvalue weighted by atomic mass is 9.89. The van der Waals surface area contributed by atoms with Crippen LogP contribution in [0.4, 0.5) is 9.59 Å². The minimum Gasteiger partial charge on any atom is -0.458 e. The molecule has 3 aromatic carbocycles. The van der Waals surface area contributed by atoms with Gasteiger partial charge in [0.1, 0.15) is 31.4 Å². The van der Waals surface area contributed by atoms with Crippen molar-refractivity contribution in [3.8, 4) is 0 Å². The summed E-state index contributed by atoms with van der Waals surface area (Å²) >= 11 is 0. The van der Waals surface area contributed by atoms with E-state index in [1.807, 2.05) is 119 Å². The van der Waals surface area contributed by atoms with E-state index in [1.165, 1.54) is 0 Å². The highest BCUT2D eigenvalue weighted by Crippen LogP contribution is 2.25. The fourth-order valence-corrected chi connectivity index (χ4v) is 7.12. The molecule has 61 heavy (non-hydrogen) atoms. The lowest BCUT2D eigenvalue weighted by molar-refractivity contribution is -0.163. The van der Waals surface area contributed by atoms with Crippen molar-refractivity contribution in [1.82, 2.24) is 26.4 Å². The molecule has 0 saturated heterocycles. The molecular formula is C48H67N5O8. The number of benzene rings is 3. The zero-order chi connectivity index (χ0) is 44.4. The molecule has 0 aliphatic heterocycles. The van der Waals surface area contributed by atoms with Gasteiger partial charge in [-0.2, -0.15) is 0 Å². The van der Waals surface area contributed by atoms with E-state index in [0.29, 0.717) is 6.54 Å². The predicted octanol–water partition coefficient (Wildman–Crippen LogP) is 7.49. The molecule has 1 aliphatic carbocycles. The lowest BCUT2D eigenvalue weighted by Crippen LogP contribution is -2.61. The smallest absolute Gasteiger partial charge is 0.408 e. The van der Waals surface area contributed by atoms with Gasteiger partial charge in [0.15, 0.2) is 0 Å². The summed E-state index contributed by atoms with van der Waals surface area (Å²) in [6.45, 7) is 13.1. The van der Waals surface area contributed by atoms with Crippen molar-refractivity contribution in [3.05, 3.63) is 108 Å². The molecule has 13 heteroatoms. The number of hydrogen-bond acceptors (Lipinski definition) is 9. The molecule has 0 aromatic heterocycles. The summed E-state index contributed by atoms with van der Waals surface area (Å²) in [5.74, 6) is -1.82. The highest BCUT2D eigenvalue weighted by atomic mass is 16.6. The molecule has 4 amide bonds. The number of nitrogens with zero attached hydrogens (tertiary/aromatic N) is 1. The number of nitrogens with one attached hydrogen (secondary N) is 4. The molecule has 1 fully saturated rings. The molecule has 0 bridgehead atoms. The standard InChI is InChI=1S/C48H67N5O8/c1-33(2)41(50-46(57)59-31-37-24-16-10-17-25-37)43(54)49-39(28-35-20-12-8-13-21-35)40(61-45(56)48(5,6)7)30-53(29-36-22-14-9-15-23-36)52-44(55)42(34(3)4)51-47(58)60-32-38-26-18-11-19-27-38/h8,10-13,16-21,24-27,33-34,36,39-42H,9,14-15,22-23,28-32H2,1-7H3,(H,49,54)(H,50,57)(H,51,58)(H,52,55)/t39?,40?,41-,42-/m0/s1. The fourth-order valence-electron chi connectivity index (χ4n) is 7.12. The van der Waals surface area contributed by atoms with Gasteiger partial charge >= 0.3 is 18.2 Å². The topological polar surface area (TPSA) is 164 Å². The maximum absolute atomic E-state index is 14.3. The number of alkyl carbamates (subject to hydrolysis) is 2. The van der Waals surface area contributed by atoms with Gasteiger partial charge < -0.3 is 30.2 Å². The Morgan fingerprint density at radius 2 is 1.10 bits per heavy atom. The van der Waals surface area contributed by atoms with Crippen molar-refractivity contribution in [1.29, 1.82) is 0 Å². The molecule has 3 aromatic rings. The molecule has 1 saturated carbocycles. The first-order valence-corrected chi connectivity index (χ1v) is 21.6. The van der Waals surface area contributed by atoms with Crippen LogP contribution >= 0.6 is 0 Å². The van der Waals surface area contributed by atoms with Crippen LogP contribution in [0.15, 0.2) is 91.0 Å². The third-order valence-electron chi connectivity index (χ3n) is 10.7. The zero-order valence-electron chi connectivity index (χ0n) is 37.0. The van der Waals surface area contributed by atoms with Crippen LogP contribution in [-0.2, 0) is 48.2 Å². The Labute approximate surface area is 362 Å². The van der Waals surface area contributed by atoms with E-state index < -0.39 is 59.6 Å². The molecule has 4 atom stereocenters. The average Bonchev–Trinajstić information content (AvgIpc) is 3.23. The Balaban J connectivity index is 1.62. The van der Waals surface area contributed by atoms with Gasteiger partial charge in [0.05, 0.1) is 18.0 Å². The Morgan fingerprint density at radius 1 is 0.639 bits per heavy atom. The molecular weight excluding hydrogens is 775 g/mol. The number of rotatable bonds is 20. The van der Waals surface area contributed by atoms with Gasteiger partial charge in [-0.15, -0.1) is 0 Å². The first kappa shape index (κ1) is 48.2. The van der Waals surface area contributed by atoms with Crippen molar-refractivity contribution in [2.45, 2.75) is 124 Å². The predicted molar refractivity (Wildman–Crippen MR) is 234 cm³/mol. The number of carbonyl (C=O) groups is 5. The van der Waals surface area contributed by atoms with E-state index in [2.05, 4.69) is 21.4 Å². The van der Waals surface area contributed by atoms with Gasteiger partial charge in [-0.05, 0) is 74.5 Å². The van der Waals surface area contributed by atoms with Gasteiger partial charge in [-0.3, -0.25) is 19.8 Å². The van der Waals surface area contributed by atoms with Crippen molar-refractivity contribution >= 4 is 30.0 Å². The van der Waals surface area contributed by atoms with Crippen LogP contribution in [-0.4, -0.2) is 72.3 Å². The molecule has 332 valence electrons. The number of ether oxygens (including phenoxy) is 3. The van der Waals surface area contributed by atoms with Crippen LogP contribution in [0.1, 0.15) is 97.3 Å². The second kappa shape index (κ2) is 24.1. The van der Waals surface area contributed by atoms with Gasteiger partial charge in [-0.1, -0.05) is 138 Å². The second-order valence-corrected chi connectivity index (χ2v) is 17.7. The highest BCUT2D eigenvalue weighted by Gasteiger charge is 2.37. The van der Waals surface area contributed by atoms with Gasteiger partial charge in [0.25, 0.3) is 5.91 Å². The van der Waals surface area contributed by atoms with Crippen molar-refractivity contribution in [3.63, 3.8) is 0 Å². The number of carbonyl (C=O) groups excluding carboxylic acids is 5. The lowest BCUT2D eigenvalue weighted by Gasteiger charge is -2.37. The fraction of sp³-hybridized carbons (Fsp3) is 0.521. The van der Waals surface area contributed by atoms with Crippen molar-refractivity contribution in [2.24, 2.45) is 23.2 Å². The summed E-state index contributed by atoms with van der Waals surface area (Å²) in [5, 5.41) is 10.4. The molecule has 1 aliphatic rings. The minimum atomic E-state index is -0.988. The maximum atomic E-state index is 14.3. The van der Waals surface area contributed by atoms with E-state index in [9.17, 15) is 24.0 Å². The van der Waals surface area contributed by atoms with Crippen LogP contribution in [0.3, 0.4) is 0 Å². The van der Waals surface area contributed by atoms with Crippen LogP contribution in [0, 0.1) is 23.2 Å². The molecule has 0 spiro atoms. The summed E-state index contributed by atoms with van der Waals surface area (Å²) in [7, 11) is 0. The summed E-state index contributed by atoms with van der Waals surface area (Å²) in [4.78, 5) is 68.4. The third-order valence-corrected chi connectivity index (χ3v) is 10.7. The number of hydrazine groups is 1. The quantitative estimate of drug-likeness (QED) is 0.0513. The van der Waals surface area contributed by atoms with Crippen LogP contribution < -0.4 is 21.4 Å². The van der Waals surface area contributed by atoms with E-state index >= 15 is 0 Å². The second-order valence-electron chi connectivity index (χ2n) is 17.7. The molecule has 0 heterocycles. The molecule has 2 unspecified atom stereocenters. The largest absolute Gasteiger partial charge is 0.458 e. The SMILES string of the molecule is CC(C)[C@H](NC(=O)OCc1ccccc1)C(=O)NC(Cc1ccccc1)C(CN(CC1CCCCC1)NC(=O)[C@@H](NC(=O)OCc1ccccc1)C(C)C)OC(=O)C(C)(C)C. The van der Waals surface area contributed by atoms with E-state index in [4.69, 9.17) is 14.2 Å². The Bertz CT molecular complexity index is 1810. The van der Waals surface area contributed by atoms with E-state index in [-0.39, 0.29) is 43.9 Å². The minimum absolute atomic E-state index is 0.0179. The number of hydrogen-bond donors (Lipinski definition) is 4. The molecule has 4 N–H and O–H groups in total. The van der Waals surface area contributed by atoms with Gasteiger partial charge in [0.2, 0.25) is 5.91 Å². The van der Waals surface area contributed by atoms with Gasteiger partial charge in [-0.25, -0.2) is 14.6 Å². The summed E-state index contributed by atoms with van der Waals surface area (Å²) in [6, 6.07) is 25.3. The Kier molecular flexibility index (Phi) is 19.1. The summed E-state index contributed by atoms with van der Waals surface area (Å²) < 4.78 is 17.3. The maximum Gasteiger partial charge on any atom is 0.408 e. The molecule has 0 radical (unpaired) electrons. The van der Waals surface area contributed by atoms with Crippen LogP contribution in [0.25, 0.3) is 0 Å². The van der Waals surface area contributed by atoms with E-state index in [1.54, 1.807) is 25.8 Å². The first-order chi connectivity index (χ1) is 29.1. The summed E-state index contributed by atoms with van der Waals surface area (Å²) in [5.41, 5.74) is 4.68. The third kappa shape index (κ3) is 16.9. The Hall–Kier alpha value is -5.43. The molecule has 4 rings (SSSR count). The number of esters is 1. The van der Waals surface area contributed by atoms with Crippen LogP contribution in [0.5, 0.6) is 0 Å². The average molecular weight is 842 g/mol. The van der Waals surface area contributed by atoms with Gasteiger partial charge in [0, 0.05) is 6.54 Å². The van der Waals surface area contributed by atoms with Crippen molar-refractivity contribution in [2.75, 3.05) is 13.1 Å². The van der Waals surface area contributed by atoms with E-state index in [0.717, 1.165) is 48.8 Å². The monoisotopic (exact) mass is 841 g/mol. The van der Waals surface area contributed by atoms with Crippen LogP contribution in [0.2, 0.25) is 0 Å². The zero-order valence-corrected chi connectivity index (χ0v) is 37.0. The number of amides is 4. The van der Waals surface area contributed by atoms with Crippen molar-refractivity contribution < 1.29 is 38.2 Å².